The van der Waals surface area contributed by atoms with Gasteiger partial charge in [-0.15, -0.1) is 5.10 Å². The summed E-state index contributed by atoms with van der Waals surface area (Å²) in [6.45, 7) is 10.2. The van der Waals surface area contributed by atoms with Gasteiger partial charge in [-0.05, 0) is 73.9 Å². The molecule has 0 aliphatic carbocycles. The van der Waals surface area contributed by atoms with Crippen molar-refractivity contribution in [3.8, 4) is 0 Å². The third kappa shape index (κ3) is 6.26. The van der Waals surface area contributed by atoms with Crippen LogP contribution in [0.5, 0.6) is 0 Å². The second-order valence-electron chi connectivity index (χ2n) is 11.2. The Hall–Kier alpha value is -3.15. The Kier molecular flexibility index (Phi) is 8.77. The summed E-state index contributed by atoms with van der Waals surface area (Å²) in [7, 11) is -3.96. The van der Waals surface area contributed by atoms with Crippen LogP contribution in [0.3, 0.4) is 0 Å². The van der Waals surface area contributed by atoms with E-state index in [1.807, 2.05) is 39.0 Å². The van der Waals surface area contributed by atoms with Crippen molar-refractivity contribution in [2.45, 2.75) is 78.2 Å². The summed E-state index contributed by atoms with van der Waals surface area (Å²) >= 11 is 0. The molecule has 0 unspecified atom stereocenters. The van der Waals surface area contributed by atoms with Crippen molar-refractivity contribution >= 4 is 16.0 Å². The number of aryl methyl sites for hydroxylation is 2. The van der Waals surface area contributed by atoms with E-state index in [1.54, 1.807) is 30.8 Å². The largest absolute Gasteiger partial charge is 0.481 e. The van der Waals surface area contributed by atoms with Crippen LogP contribution in [0.25, 0.3) is 0 Å². The van der Waals surface area contributed by atoms with Crippen molar-refractivity contribution in [3.63, 3.8) is 0 Å². The molecule has 216 valence electrons. The van der Waals surface area contributed by atoms with Gasteiger partial charge in [-0.2, -0.15) is 4.31 Å². The Morgan fingerprint density at radius 1 is 1.25 bits per heavy atom. The third-order valence-electron chi connectivity index (χ3n) is 7.40. The van der Waals surface area contributed by atoms with Crippen molar-refractivity contribution < 1.29 is 27.4 Å². The van der Waals surface area contributed by atoms with Crippen molar-refractivity contribution in [1.82, 2.24) is 19.3 Å². The summed E-state index contributed by atoms with van der Waals surface area (Å²) in [6, 6.07) is 9.40. The lowest BCUT2D eigenvalue weighted by Gasteiger charge is -2.31. The maximum Gasteiger partial charge on any atom is 0.312 e. The summed E-state index contributed by atoms with van der Waals surface area (Å²) in [4.78, 5) is 12.3. The molecule has 0 saturated carbocycles. The van der Waals surface area contributed by atoms with Crippen molar-refractivity contribution in [2.75, 3.05) is 6.54 Å². The number of hydrogen-bond donors (Lipinski definition) is 1. The van der Waals surface area contributed by atoms with Crippen LogP contribution in [0.2, 0.25) is 0 Å². The number of fused-ring (bicyclic) bond motifs is 1. The summed E-state index contributed by atoms with van der Waals surface area (Å²) < 4.78 is 50.7. The van der Waals surface area contributed by atoms with E-state index in [9.17, 15) is 22.7 Å². The van der Waals surface area contributed by atoms with Gasteiger partial charge in [-0.1, -0.05) is 43.3 Å². The molecule has 3 aromatic rings. The number of hydrogen-bond acceptors (Lipinski definition) is 6. The molecule has 11 heteroatoms. The van der Waals surface area contributed by atoms with Gasteiger partial charge >= 0.3 is 5.97 Å². The standard InChI is InChI=1S/C29H37FN4O5S/c1-6-11-33-17-25(31-32-33)18-39-27(29(4,5)28(35)36)22-8-7-20(3)23(13-22)16-34-15-19(2)12-21-9-10-24(30)14-26(21)40(34,37)38/h7-10,13-14,17,19,27H,6,11-12,15-16,18H2,1-5H3,(H,35,36)/t19-,27-/m1/s1. The van der Waals surface area contributed by atoms with Crippen LogP contribution in [0, 0.1) is 24.1 Å². The van der Waals surface area contributed by atoms with Gasteiger partial charge in [0.15, 0.2) is 0 Å². The lowest BCUT2D eigenvalue weighted by Crippen LogP contribution is -2.34. The van der Waals surface area contributed by atoms with E-state index in [4.69, 9.17) is 4.74 Å². The minimum absolute atomic E-state index is 0.00463. The molecule has 1 aliphatic rings. The first-order valence-corrected chi connectivity index (χ1v) is 14.9. The highest BCUT2D eigenvalue weighted by Gasteiger charge is 2.40. The zero-order chi connectivity index (χ0) is 29.2. The maximum absolute atomic E-state index is 14.1. The van der Waals surface area contributed by atoms with E-state index in [2.05, 4.69) is 10.3 Å². The Balaban J connectivity index is 1.67. The molecule has 1 aliphatic heterocycles. The quantitative estimate of drug-likeness (QED) is 0.368. The predicted molar refractivity (Wildman–Crippen MR) is 147 cm³/mol. The predicted octanol–water partition coefficient (Wildman–Crippen LogP) is 4.89. The van der Waals surface area contributed by atoms with Crippen LogP contribution < -0.4 is 0 Å². The molecule has 40 heavy (non-hydrogen) atoms. The number of ether oxygens (including phenoxy) is 1. The van der Waals surface area contributed by atoms with Crippen LogP contribution in [0.4, 0.5) is 4.39 Å². The van der Waals surface area contributed by atoms with E-state index in [0.717, 1.165) is 23.6 Å². The minimum Gasteiger partial charge on any atom is -0.481 e. The molecule has 2 aromatic carbocycles. The fourth-order valence-corrected chi connectivity index (χ4v) is 6.85. The van der Waals surface area contributed by atoms with Gasteiger partial charge in [-0.3, -0.25) is 9.48 Å². The van der Waals surface area contributed by atoms with Gasteiger partial charge in [0.25, 0.3) is 0 Å². The number of sulfonamides is 1. The lowest BCUT2D eigenvalue weighted by molar-refractivity contribution is -0.158. The minimum atomic E-state index is -3.96. The van der Waals surface area contributed by atoms with Gasteiger partial charge in [-0.25, -0.2) is 12.8 Å². The number of rotatable bonds is 10. The molecule has 1 aromatic heterocycles. The molecule has 2 atom stereocenters. The molecule has 1 N–H and O–H groups in total. The molecular weight excluding hydrogens is 535 g/mol. The number of aromatic nitrogens is 3. The van der Waals surface area contributed by atoms with Crippen molar-refractivity contribution in [2.24, 2.45) is 11.3 Å². The first-order chi connectivity index (χ1) is 18.8. The van der Waals surface area contributed by atoms with E-state index >= 15 is 0 Å². The van der Waals surface area contributed by atoms with Crippen LogP contribution in [0.1, 0.15) is 68.2 Å². The van der Waals surface area contributed by atoms with Gasteiger partial charge in [0, 0.05) is 19.6 Å². The second kappa shape index (κ2) is 11.8. The van der Waals surface area contributed by atoms with E-state index in [1.165, 1.54) is 10.4 Å². The Morgan fingerprint density at radius 2 is 2.00 bits per heavy atom. The molecule has 0 saturated heterocycles. The number of halogens is 1. The number of carbonyl (C=O) groups is 1. The van der Waals surface area contributed by atoms with E-state index in [-0.39, 0.29) is 30.5 Å². The van der Waals surface area contributed by atoms with Gasteiger partial charge < -0.3 is 9.84 Å². The van der Waals surface area contributed by atoms with E-state index < -0.39 is 33.3 Å². The summed E-state index contributed by atoms with van der Waals surface area (Å²) in [5, 5.41) is 18.3. The number of carboxylic acids is 1. The summed E-state index contributed by atoms with van der Waals surface area (Å²) in [5.74, 6) is -1.61. The second-order valence-corrected chi connectivity index (χ2v) is 13.1. The lowest BCUT2D eigenvalue weighted by atomic mass is 9.81. The molecular formula is C29H37FN4O5S. The average Bonchev–Trinajstić information content (AvgIpc) is 3.30. The fraction of sp³-hybridized carbons (Fsp3) is 0.483. The van der Waals surface area contributed by atoms with Crippen LogP contribution in [-0.4, -0.2) is 45.3 Å². The molecule has 0 fully saturated rings. The monoisotopic (exact) mass is 572 g/mol. The Labute approximate surface area is 235 Å². The number of nitrogens with zero attached hydrogens (tertiary/aromatic N) is 4. The molecule has 2 heterocycles. The first kappa shape index (κ1) is 29.8. The van der Waals surface area contributed by atoms with Crippen LogP contribution in [0.15, 0.2) is 47.5 Å². The van der Waals surface area contributed by atoms with Gasteiger partial charge in [0.1, 0.15) is 11.5 Å². The number of aliphatic carboxylic acids is 1. The van der Waals surface area contributed by atoms with Crippen molar-refractivity contribution in [3.05, 3.63) is 76.4 Å². The molecule has 0 bridgehead atoms. The topological polar surface area (TPSA) is 115 Å². The van der Waals surface area contributed by atoms with E-state index in [0.29, 0.717) is 29.8 Å². The maximum atomic E-state index is 14.1. The fourth-order valence-electron chi connectivity index (χ4n) is 5.07. The normalized spacial score (nSPS) is 18.2. The van der Waals surface area contributed by atoms with Crippen LogP contribution in [-0.2, 0) is 45.7 Å². The zero-order valence-corrected chi connectivity index (χ0v) is 24.4. The molecule has 0 spiro atoms. The number of benzene rings is 2. The number of carboxylic acid groups (broad SMARTS) is 1. The Bertz CT molecular complexity index is 1490. The Morgan fingerprint density at radius 3 is 2.70 bits per heavy atom. The highest BCUT2D eigenvalue weighted by Crippen LogP contribution is 2.39. The first-order valence-electron chi connectivity index (χ1n) is 13.4. The van der Waals surface area contributed by atoms with Gasteiger partial charge in [0.05, 0.1) is 29.2 Å². The summed E-state index contributed by atoms with van der Waals surface area (Å²) in [6.07, 6.45) is 2.35. The summed E-state index contributed by atoms with van der Waals surface area (Å²) in [5.41, 5.74) is 2.07. The smallest absolute Gasteiger partial charge is 0.312 e. The van der Waals surface area contributed by atoms with Crippen LogP contribution >= 0.6 is 0 Å². The molecule has 0 radical (unpaired) electrons. The SMILES string of the molecule is CCCn1cc(CO[C@H](c2ccc(C)c(CN3C[C@H](C)Cc4ccc(F)cc4S3(=O)=O)c2)C(C)(C)C(=O)O)nn1. The molecule has 9 nitrogen and oxygen atoms in total. The van der Waals surface area contributed by atoms with Crippen molar-refractivity contribution in [1.29, 1.82) is 0 Å². The molecule has 4 rings (SSSR count). The highest BCUT2D eigenvalue weighted by atomic mass is 32.2. The highest BCUT2D eigenvalue weighted by molar-refractivity contribution is 7.89. The molecule has 0 amide bonds. The third-order valence-corrected chi connectivity index (χ3v) is 9.29. The average molecular weight is 573 g/mol. The van der Waals surface area contributed by atoms with Gasteiger partial charge in [0.2, 0.25) is 10.0 Å². The zero-order valence-electron chi connectivity index (χ0n) is 23.6.